The van der Waals surface area contributed by atoms with E-state index in [1.54, 1.807) is 6.07 Å². The fraction of sp³-hybridized carbons (Fsp3) is 0.429. The maximum absolute atomic E-state index is 11.2. The lowest BCUT2D eigenvalue weighted by Crippen LogP contribution is -2.11. The summed E-state index contributed by atoms with van der Waals surface area (Å²) in [6, 6.07) is 3.03. The average molecular weight is 282 g/mol. The summed E-state index contributed by atoms with van der Waals surface area (Å²) < 4.78 is 15.7. The highest BCUT2D eigenvalue weighted by Crippen LogP contribution is 2.33. The van der Waals surface area contributed by atoms with Crippen LogP contribution in [-0.4, -0.2) is 37.7 Å². The van der Waals surface area contributed by atoms with Gasteiger partial charge < -0.3 is 19.3 Å². The quantitative estimate of drug-likeness (QED) is 0.552. The zero-order valence-electron chi connectivity index (χ0n) is 11.5. The molecule has 0 aliphatic carbocycles. The fourth-order valence-electron chi connectivity index (χ4n) is 1.52. The molecule has 0 amide bonds. The summed E-state index contributed by atoms with van der Waals surface area (Å²) in [5.41, 5.74) is 0.183. The Morgan fingerprint density at radius 3 is 2.45 bits per heavy atom. The van der Waals surface area contributed by atoms with Crippen molar-refractivity contribution in [2.75, 3.05) is 20.3 Å². The summed E-state index contributed by atoms with van der Waals surface area (Å²) in [7, 11) is 1.46. The number of carboxylic acid groups (broad SMARTS) is 1. The molecular weight excluding hydrogens is 264 g/mol. The third-order valence-electron chi connectivity index (χ3n) is 2.54. The number of methoxy groups -OCH3 is 1. The molecule has 6 nitrogen and oxygen atoms in total. The van der Waals surface area contributed by atoms with Gasteiger partial charge in [0.2, 0.25) is 0 Å². The first-order chi connectivity index (χ1) is 9.62. The number of aliphatic carboxylic acids is 1. The van der Waals surface area contributed by atoms with E-state index in [9.17, 15) is 9.59 Å². The molecule has 0 fully saturated rings. The lowest BCUT2D eigenvalue weighted by Gasteiger charge is -2.14. The van der Waals surface area contributed by atoms with Gasteiger partial charge in [0.15, 0.2) is 12.9 Å². The van der Waals surface area contributed by atoms with E-state index in [0.717, 1.165) is 12.8 Å². The largest absolute Gasteiger partial charge is 0.496 e. The van der Waals surface area contributed by atoms with Gasteiger partial charge in [-0.25, -0.2) is 4.79 Å². The van der Waals surface area contributed by atoms with Crippen LogP contribution in [-0.2, 0) is 4.79 Å². The number of ether oxygens (including phenoxy) is 3. The van der Waals surface area contributed by atoms with Crippen LogP contribution in [0.2, 0.25) is 0 Å². The minimum atomic E-state index is -1.13. The molecule has 1 aromatic rings. The Labute approximate surface area is 117 Å². The lowest BCUT2D eigenvalue weighted by molar-refractivity contribution is -0.139. The van der Waals surface area contributed by atoms with Crippen molar-refractivity contribution in [1.29, 1.82) is 0 Å². The third-order valence-corrected chi connectivity index (χ3v) is 2.54. The maximum Gasteiger partial charge on any atom is 0.341 e. The molecule has 0 unspecified atom stereocenters. The number of hydrogen-bond donors (Lipinski definition) is 1. The standard InChI is InChI=1S/C14H18O6/c1-3-4-5-19-12-6-10(18-2)7-13(11(12)8-15)20-9-14(16)17/h6-8H,3-5,9H2,1-2H3,(H,16,17). The van der Waals surface area contributed by atoms with Crippen molar-refractivity contribution >= 4 is 12.3 Å². The summed E-state index contributed by atoms with van der Waals surface area (Å²) >= 11 is 0. The smallest absolute Gasteiger partial charge is 0.341 e. The van der Waals surface area contributed by atoms with Crippen LogP contribution in [0.4, 0.5) is 0 Å². The van der Waals surface area contributed by atoms with Crippen LogP contribution >= 0.6 is 0 Å². The number of aldehydes is 1. The zero-order chi connectivity index (χ0) is 15.0. The first kappa shape index (κ1) is 15.8. The Morgan fingerprint density at radius 2 is 1.95 bits per heavy atom. The van der Waals surface area contributed by atoms with Crippen LogP contribution in [0, 0.1) is 0 Å². The Hall–Kier alpha value is -2.24. The van der Waals surface area contributed by atoms with Gasteiger partial charge in [0.1, 0.15) is 17.2 Å². The average Bonchev–Trinajstić information content (AvgIpc) is 2.44. The minimum Gasteiger partial charge on any atom is -0.496 e. The van der Waals surface area contributed by atoms with Gasteiger partial charge in [-0.05, 0) is 6.42 Å². The van der Waals surface area contributed by atoms with Gasteiger partial charge in [0.25, 0.3) is 0 Å². The molecule has 0 radical (unpaired) electrons. The fourth-order valence-corrected chi connectivity index (χ4v) is 1.52. The van der Waals surface area contributed by atoms with Crippen molar-refractivity contribution in [2.45, 2.75) is 19.8 Å². The molecule has 1 N–H and O–H groups in total. The number of carbonyl (C=O) groups is 2. The number of hydrogen-bond acceptors (Lipinski definition) is 5. The molecule has 0 heterocycles. The second-order valence-corrected chi connectivity index (χ2v) is 4.04. The topological polar surface area (TPSA) is 82.1 Å². The van der Waals surface area contributed by atoms with E-state index in [0.29, 0.717) is 24.4 Å². The van der Waals surface area contributed by atoms with E-state index in [1.165, 1.54) is 13.2 Å². The SMILES string of the molecule is CCCCOc1cc(OC)cc(OCC(=O)O)c1C=O. The molecule has 0 saturated heterocycles. The normalized spacial score (nSPS) is 9.90. The molecule has 110 valence electrons. The van der Waals surface area contributed by atoms with E-state index in [4.69, 9.17) is 19.3 Å². The number of unbranched alkanes of at least 4 members (excludes halogenated alkanes) is 1. The Bertz CT molecular complexity index is 469. The van der Waals surface area contributed by atoms with Crippen molar-refractivity contribution in [2.24, 2.45) is 0 Å². The van der Waals surface area contributed by atoms with Crippen molar-refractivity contribution in [3.63, 3.8) is 0 Å². The molecule has 0 bridgehead atoms. The van der Waals surface area contributed by atoms with Gasteiger partial charge in [-0.3, -0.25) is 4.79 Å². The van der Waals surface area contributed by atoms with E-state index >= 15 is 0 Å². The van der Waals surface area contributed by atoms with Crippen LogP contribution in [0.1, 0.15) is 30.1 Å². The van der Waals surface area contributed by atoms with Crippen LogP contribution in [0.3, 0.4) is 0 Å². The van der Waals surface area contributed by atoms with Gasteiger partial charge in [-0.15, -0.1) is 0 Å². The molecule has 20 heavy (non-hydrogen) atoms. The summed E-state index contributed by atoms with van der Waals surface area (Å²) in [5, 5.41) is 8.63. The summed E-state index contributed by atoms with van der Waals surface area (Å²) in [4.78, 5) is 21.7. The van der Waals surface area contributed by atoms with E-state index in [2.05, 4.69) is 0 Å². The van der Waals surface area contributed by atoms with E-state index in [1.807, 2.05) is 6.92 Å². The summed E-state index contributed by atoms with van der Waals surface area (Å²) in [6.45, 7) is 1.95. The zero-order valence-corrected chi connectivity index (χ0v) is 11.5. The Kier molecular flexibility index (Phi) is 6.36. The molecule has 0 aromatic heterocycles. The molecule has 1 rings (SSSR count). The first-order valence-electron chi connectivity index (χ1n) is 6.27. The third kappa shape index (κ3) is 4.46. The van der Waals surface area contributed by atoms with Gasteiger partial charge >= 0.3 is 5.97 Å². The molecule has 0 aliphatic rings. The highest BCUT2D eigenvalue weighted by molar-refractivity contribution is 5.84. The molecule has 1 aromatic carbocycles. The predicted octanol–water partition coefficient (Wildman–Crippen LogP) is 2.15. The molecule has 6 heteroatoms. The van der Waals surface area contributed by atoms with Gasteiger partial charge in [0.05, 0.1) is 19.3 Å². The second-order valence-electron chi connectivity index (χ2n) is 4.04. The molecule has 0 saturated carbocycles. The van der Waals surface area contributed by atoms with Crippen molar-refractivity contribution < 1.29 is 28.9 Å². The molecule has 0 spiro atoms. The summed E-state index contributed by atoms with van der Waals surface area (Å²) in [6.07, 6.45) is 2.39. The monoisotopic (exact) mass is 282 g/mol. The van der Waals surface area contributed by atoms with E-state index in [-0.39, 0.29) is 11.3 Å². The second kappa shape index (κ2) is 8.04. The number of benzene rings is 1. The van der Waals surface area contributed by atoms with Gasteiger partial charge in [-0.1, -0.05) is 13.3 Å². The number of carbonyl (C=O) groups excluding carboxylic acids is 1. The Balaban J connectivity index is 3.03. The number of carboxylic acids is 1. The van der Waals surface area contributed by atoms with Gasteiger partial charge in [0, 0.05) is 12.1 Å². The van der Waals surface area contributed by atoms with Crippen molar-refractivity contribution in [3.05, 3.63) is 17.7 Å². The van der Waals surface area contributed by atoms with Crippen LogP contribution in [0.25, 0.3) is 0 Å². The van der Waals surface area contributed by atoms with Crippen molar-refractivity contribution in [3.8, 4) is 17.2 Å². The first-order valence-corrected chi connectivity index (χ1v) is 6.27. The molecule has 0 atom stereocenters. The van der Waals surface area contributed by atoms with Crippen LogP contribution in [0.5, 0.6) is 17.2 Å². The minimum absolute atomic E-state index is 0.133. The van der Waals surface area contributed by atoms with E-state index < -0.39 is 12.6 Å². The molecule has 0 aliphatic heterocycles. The van der Waals surface area contributed by atoms with Crippen molar-refractivity contribution in [1.82, 2.24) is 0 Å². The summed E-state index contributed by atoms with van der Waals surface area (Å²) in [5.74, 6) is -0.234. The van der Waals surface area contributed by atoms with Crippen LogP contribution in [0.15, 0.2) is 12.1 Å². The molecular formula is C14H18O6. The predicted molar refractivity (Wildman–Crippen MR) is 71.9 cm³/mol. The van der Waals surface area contributed by atoms with Gasteiger partial charge in [-0.2, -0.15) is 0 Å². The lowest BCUT2D eigenvalue weighted by atomic mass is 10.2. The van der Waals surface area contributed by atoms with Crippen LogP contribution < -0.4 is 14.2 Å². The highest BCUT2D eigenvalue weighted by Gasteiger charge is 2.14. The number of rotatable bonds is 9. The Morgan fingerprint density at radius 1 is 1.30 bits per heavy atom. The maximum atomic E-state index is 11.2. The highest BCUT2D eigenvalue weighted by atomic mass is 16.5.